The number of amides is 1. The number of aryl methyl sites for hydroxylation is 1. The second kappa shape index (κ2) is 8.08. The van der Waals surface area contributed by atoms with E-state index in [1.165, 1.54) is 0 Å². The lowest BCUT2D eigenvalue weighted by molar-refractivity contribution is -0.133. The number of hydrazone groups is 1. The fraction of sp³-hybridized carbons (Fsp3) is 0.286. The molecule has 8 heteroatoms. The molecule has 0 spiro atoms. The zero-order chi connectivity index (χ0) is 20.4. The van der Waals surface area contributed by atoms with Gasteiger partial charge in [0.05, 0.1) is 30.9 Å². The lowest BCUT2D eigenvalue weighted by Gasteiger charge is -2.23. The summed E-state index contributed by atoms with van der Waals surface area (Å²) < 4.78 is 12.6. The Hall–Kier alpha value is -3.13. The standard InChI is InChI=1S/C21H22N4O3S/c1-14-22-8-9-24(14)13-21(26)25-17(12-16(23-25)20-5-4-10-29-20)15-6-7-18(27-2)19(11-15)28-3/h4-11,17H,12-13H2,1-3H3/t17-/m0/s1. The third-order valence-corrected chi connectivity index (χ3v) is 5.91. The molecular weight excluding hydrogens is 388 g/mol. The van der Waals surface area contributed by atoms with E-state index in [9.17, 15) is 4.79 Å². The molecule has 7 nitrogen and oxygen atoms in total. The molecule has 1 aromatic carbocycles. The van der Waals surface area contributed by atoms with Gasteiger partial charge in [-0.1, -0.05) is 12.1 Å². The Balaban J connectivity index is 1.67. The van der Waals surface area contributed by atoms with Crippen LogP contribution < -0.4 is 9.47 Å². The first kappa shape index (κ1) is 19.2. The Morgan fingerprint density at radius 3 is 2.72 bits per heavy atom. The van der Waals surface area contributed by atoms with Crippen LogP contribution in [0.25, 0.3) is 0 Å². The highest BCUT2D eigenvalue weighted by Gasteiger charge is 2.34. The molecule has 0 aliphatic carbocycles. The zero-order valence-corrected chi connectivity index (χ0v) is 17.3. The molecule has 4 rings (SSSR count). The molecule has 0 saturated carbocycles. The summed E-state index contributed by atoms with van der Waals surface area (Å²) in [5, 5.41) is 8.31. The van der Waals surface area contributed by atoms with Crippen LogP contribution in [0.2, 0.25) is 0 Å². The Labute approximate surface area is 173 Å². The van der Waals surface area contributed by atoms with Gasteiger partial charge in [0.25, 0.3) is 5.91 Å². The Morgan fingerprint density at radius 1 is 1.24 bits per heavy atom. The van der Waals surface area contributed by atoms with Gasteiger partial charge in [-0.25, -0.2) is 9.99 Å². The lowest BCUT2D eigenvalue weighted by atomic mass is 10.0. The van der Waals surface area contributed by atoms with Crippen LogP contribution in [0.4, 0.5) is 0 Å². The lowest BCUT2D eigenvalue weighted by Crippen LogP contribution is -2.30. The van der Waals surface area contributed by atoms with Gasteiger partial charge in [0.2, 0.25) is 0 Å². The third-order valence-electron chi connectivity index (χ3n) is 4.99. The summed E-state index contributed by atoms with van der Waals surface area (Å²) in [6.07, 6.45) is 4.14. The summed E-state index contributed by atoms with van der Waals surface area (Å²) in [7, 11) is 3.21. The number of nitrogens with zero attached hydrogens (tertiary/aromatic N) is 4. The molecule has 1 aliphatic rings. The van der Waals surface area contributed by atoms with Crippen molar-refractivity contribution < 1.29 is 14.3 Å². The van der Waals surface area contributed by atoms with Crippen LogP contribution in [0.15, 0.2) is 53.2 Å². The van der Waals surface area contributed by atoms with E-state index in [4.69, 9.17) is 14.6 Å². The first-order chi connectivity index (χ1) is 14.1. The minimum absolute atomic E-state index is 0.0857. The van der Waals surface area contributed by atoms with Gasteiger partial charge < -0.3 is 14.0 Å². The molecule has 0 radical (unpaired) electrons. The predicted octanol–water partition coefficient (Wildman–Crippen LogP) is 3.65. The maximum Gasteiger partial charge on any atom is 0.263 e. The van der Waals surface area contributed by atoms with Gasteiger partial charge in [-0.2, -0.15) is 5.10 Å². The van der Waals surface area contributed by atoms with Crippen LogP contribution in [-0.4, -0.2) is 40.4 Å². The van der Waals surface area contributed by atoms with Gasteiger partial charge >= 0.3 is 0 Å². The van der Waals surface area contributed by atoms with Crippen molar-refractivity contribution in [2.24, 2.45) is 5.10 Å². The van der Waals surface area contributed by atoms with E-state index in [0.717, 1.165) is 22.0 Å². The first-order valence-electron chi connectivity index (χ1n) is 9.23. The van der Waals surface area contributed by atoms with Crippen molar-refractivity contribution in [2.75, 3.05) is 14.2 Å². The van der Waals surface area contributed by atoms with Crippen LogP contribution in [-0.2, 0) is 11.3 Å². The zero-order valence-electron chi connectivity index (χ0n) is 16.5. The topological polar surface area (TPSA) is 69.0 Å². The van der Waals surface area contributed by atoms with Crippen molar-refractivity contribution in [1.82, 2.24) is 14.6 Å². The highest BCUT2D eigenvalue weighted by molar-refractivity contribution is 7.12. The van der Waals surface area contributed by atoms with Crippen LogP contribution in [0.1, 0.15) is 28.7 Å². The maximum absolute atomic E-state index is 13.2. The number of carbonyl (C=O) groups is 1. The molecule has 1 amide bonds. The SMILES string of the molecule is COc1ccc([C@@H]2CC(c3cccs3)=NN2C(=O)Cn2ccnc2C)cc1OC. The van der Waals surface area contributed by atoms with Crippen molar-refractivity contribution in [3.8, 4) is 11.5 Å². The average molecular weight is 410 g/mol. The molecule has 1 aliphatic heterocycles. The fourth-order valence-corrected chi connectivity index (χ4v) is 4.16. The van der Waals surface area contributed by atoms with E-state index < -0.39 is 0 Å². The van der Waals surface area contributed by atoms with Crippen molar-refractivity contribution in [3.05, 3.63) is 64.4 Å². The quantitative estimate of drug-likeness (QED) is 0.622. The summed E-state index contributed by atoms with van der Waals surface area (Å²) in [4.78, 5) is 18.4. The molecule has 0 saturated heterocycles. The number of rotatable bonds is 6. The first-order valence-corrected chi connectivity index (χ1v) is 10.1. The van der Waals surface area contributed by atoms with Crippen molar-refractivity contribution in [1.29, 1.82) is 0 Å². The second-order valence-corrected chi connectivity index (χ2v) is 7.65. The molecule has 150 valence electrons. The number of hydrogen-bond donors (Lipinski definition) is 0. The van der Waals surface area contributed by atoms with Crippen LogP contribution in [0.5, 0.6) is 11.5 Å². The van der Waals surface area contributed by atoms with E-state index in [-0.39, 0.29) is 18.5 Å². The van der Waals surface area contributed by atoms with Crippen molar-refractivity contribution >= 4 is 23.0 Å². The van der Waals surface area contributed by atoms with E-state index in [2.05, 4.69) is 4.98 Å². The minimum Gasteiger partial charge on any atom is -0.493 e. The van der Waals surface area contributed by atoms with E-state index in [1.54, 1.807) is 43.0 Å². The molecule has 3 aromatic rings. The molecule has 2 aromatic heterocycles. The van der Waals surface area contributed by atoms with Gasteiger partial charge in [-0.15, -0.1) is 11.3 Å². The van der Waals surface area contributed by atoms with Gasteiger partial charge in [-0.3, -0.25) is 4.79 Å². The van der Waals surface area contributed by atoms with Crippen LogP contribution in [0.3, 0.4) is 0 Å². The van der Waals surface area contributed by atoms with Gasteiger partial charge in [0, 0.05) is 18.8 Å². The third kappa shape index (κ3) is 3.75. The predicted molar refractivity (Wildman–Crippen MR) is 112 cm³/mol. The van der Waals surface area contributed by atoms with E-state index >= 15 is 0 Å². The molecule has 0 N–H and O–H groups in total. The molecular formula is C21H22N4O3S. The summed E-state index contributed by atoms with van der Waals surface area (Å²) in [5.41, 5.74) is 1.86. The normalized spacial score (nSPS) is 16.0. The fourth-order valence-electron chi connectivity index (χ4n) is 3.44. The summed E-state index contributed by atoms with van der Waals surface area (Å²) in [6, 6.07) is 9.56. The molecule has 0 bridgehead atoms. The number of carbonyl (C=O) groups excluding carboxylic acids is 1. The molecule has 0 unspecified atom stereocenters. The summed E-state index contributed by atoms with van der Waals surface area (Å²) in [6.45, 7) is 2.07. The van der Waals surface area contributed by atoms with Crippen LogP contribution in [0, 0.1) is 6.92 Å². The monoisotopic (exact) mass is 410 g/mol. The summed E-state index contributed by atoms with van der Waals surface area (Å²) in [5.74, 6) is 1.99. The second-order valence-electron chi connectivity index (χ2n) is 6.70. The Kier molecular flexibility index (Phi) is 5.35. The number of aromatic nitrogens is 2. The number of imidazole rings is 1. The number of hydrogen-bond acceptors (Lipinski definition) is 6. The number of methoxy groups -OCH3 is 2. The smallest absolute Gasteiger partial charge is 0.263 e. The highest BCUT2D eigenvalue weighted by atomic mass is 32.1. The van der Waals surface area contributed by atoms with Gasteiger partial charge in [0.1, 0.15) is 12.4 Å². The molecule has 3 heterocycles. The number of thiophene rings is 1. The largest absolute Gasteiger partial charge is 0.493 e. The van der Waals surface area contributed by atoms with Crippen molar-refractivity contribution in [3.63, 3.8) is 0 Å². The number of benzene rings is 1. The van der Waals surface area contributed by atoms with Crippen molar-refractivity contribution in [2.45, 2.75) is 25.9 Å². The minimum atomic E-state index is -0.205. The Morgan fingerprint density at radius 2 is 2.07 bits per heavy atom. The van der Waals surface area contributed by atoms with Crippen LogP contribution >= 0.6 is 11.3 Å². The van der Waals surface area contributed by atoms with Gasteiger partial charge in [0.15, 0.2) is 11.5 Å². The summed E-state index contributed by atoms with van der Waals surface area (Å²) >= 11 is 1.62. The molecule has 0 fully saturated rings. The Bertz CT molecular complexity index is 1040. The van der Waals surface area contributed by atoms with Gasteiger partial charge in [-0.05, 0) is 36.1 Å². The van der Waals surface area contributed by atoms with E-state index in [1.807, 2.05) is 47.2 Å². The van der Waals surface area contributed by atoms with E-state index in [0.29, 0.717) is 17.9 Å². The number of ether oxygens (including phenoxy) is 2. The molecule has 29 heavy (non-hydrogen) atoms. The maximum atomic E-state index is 13.2. The average Bonchev–Trinajstić information content (AvgIpc) is 3.48. The molecule has 1 atom stereocenters. The highest BCUT2D eigenvalue weighted by Crippen LogP contribution is 2.38.